The molecule has 2 unspecified atom stereocenters. The van der Waals surface area contributed by atoms with Crippen molar-refractivity contribution in [2.24, 2.45) is 0 Å². The molecule has 548 valence electrons. The lowest BCUT2D eigenvalue weighted by molar-refractivity contribution is -0.144. The van der Waals surface area contributed by atoms with Crippen molar-refractivity contribution >= 4 is 27.6 Å². The fourth-order valence-corrected chi connectivity index (χ4v) is 15.0. The Morgan fingerprint density at radius 3 is 1.04 bits per heavy atom. The van der Waals surface area contributed by atoms with Crippen molar-refractivity contribution in [2.75, 3.05) is 96.6 Å². The van der Waals surface area contributed by atoms with Gasteiger partial charge in [-0.3, -0.25) is 24.4 Å². The van der Waals surface area contributed by atoms with Gasteiger partial charge in [-0.05, 0) is 129 Å². The zero-order valence-electron chi connectivity index (χ0n) is 61.9. The second-order valence-electron chi connectivity index (χ2n) is 28.1. The van der Waals surface area contributed by atoms with Crippen LogP contribution in [0.2, 0.25) is 0 Å². The highest BCUT2D eigenvalue weighted by atomic mass is 33.1. The number of carbonyl (C=O) groups excluding carboxylic acids is 1. The highest BCUT2D eigenvalue weighted by Crippen LogP contribution is 2.24. The van der Waals surface area contributed by atoms with Gasteiger partial charge in [0.25, 0.3) is 0 Å². The summed E-state index contributed by atoms with van der Waals surface area (Å²) in [6, 6.07) is 0. The van der Waals surface area contributed by atoms with Gasteiger partial charge in [-0.2, -0.15) is 0 Å². The Morgan fingerprint density at radius 1 is 0.366 bits per heavy atom. The van der Waals surface area contributed by atoms with E-state index in [1.165, 1.54) is 193 Å². The molecule has 0 aromatic carbocycles. The van der Waals surface area contributed by atoms with Crippen LogP contribution in [0.4, 0.5) is 0 Å². The Balaban J connectivity index is 2.41. The number of hydrogen-bond donors (Lipinski definition) is 4. The topological polar surface area (TPSA) is 120 Å². The molecule has 0 aromatic rings. The van der Waals surface area contributed by atoms with Gasteiger partial charge in [-0.1, -0.05) is 291 Å². The van der Waals surface area contributed by atoms with Gasteiger partial charge in [0.1, 0.15) is 6.61 Å². The minimum Gasteiger partial charge on any atom is -0.464 e. The summed E-state index contributed by atoms with van der Waals surface area (Å²) in [6.07, 6.45) is 74.5. The van der Waals surface area contributed by atoms with Crippen LogP contribution in [0, 0.1) is 0 Å². The highest BCUT2D eigenvalue weighted by molar-refractivity contribution is 8.76. The molecule has 12 heteroatoms. The summed E-state index contributed by atoms with van der Waals surface area (Å²) >= 11 is 0. The van der Waals surface area contributed by atoms with E-state index >= 15 is 0 Å². The standard InChI is InChI=1S/C81H156N4O6S2/c1-5-9-13-17-21-25-29-31-33-35-39-43-47-49-57-77(86)73-84(74-78(87)58-50-48-44-40-36-34-32-30-26-22-18-14-10-6-2)62-54-53-61-81(90)91-70-68-82-64-66-83(67-65-82)69-72-93-92-71-56-55-63-85(75-79(88)59-51-45-41-37-27-23-19-15-11-7-3)76-80(89)60-52-46-42-38-28-24-20-16-12-8-4/h21-22,25-26,31-34,77-80,86-89H,5-20,23-24,27-30,35-76H2,1-4H3/b25-21-,26-22-,33-31-,34-32-/t77-,78-,79?,80?/m1/s1. The van der Waals surface area contributed by atoms with Crippen molar-refractivity contribution in [1.82, 2.24) is 19.6 Å². The van der Waals surface area contributed by atoms with Gasteiger partial charge in [0.15, 0.2) is 0 Å². The van der Waals surface area contributed by atoms with E-state index in [2.05, 4.69) is 95.9 Å². The summed E-state index contributed by atoms with van der Waals surface area (Å²) in [7, 11) is 3.99. The van der Waals surface area contributed by atoms with Gasteiger partial charge in [0.2, 0.25) is 0 Å². The first-order chi connectivity index (χ1) is 45.7. The maximum absolute atomic E-state index is 12.9. The van der Waals surface area contributed by atoms with Crippen molar-refractivity contribution in [3.8, 4) is 0 Å². The van der Waals surface area contributed by atoms with E-state index < -0.39 is 12.2 Å². The Labute approximate surface area is 585 Å². The van der Waals surface area contributed by atoms with E-state index in [1.54, 1.807) is 0 Å². The Hall–Kier alpha value is -1.19. The number of allylic oxidation sites excluding steroid dienone is 8. The minimum absolute atomic E-state index is 0.121. The summed E-state index contributed by atoms with van der Waals surface area (Å²) in [4.78, 5) is 22.5. The third kappa shape index (κ3) is 65.2. The van der Waals surface area contributed by atoms with E-state index in [-0.39, 0.29) is 18.2 Å². The average molecular weight is 1350 g/mol. The SMILES string of the molecule is CCCCC/C=C\C/C=C\CCCCCC[C@@H](O)CN(CCCCC(=O)OCCN1CCN(CCSSCCCCN(CC(O)CCCCCCCCCCCC)CC(O)CCCCCCCCCCCC)CC1)C[C@H](O)CCCCCC/C=C\C/C=C\CCCCC. The predicted molar refractivity (Wildman–Crippen MR) is 411 cm³/mol. The maximum atomic E-state index is 12.9. The lowest BCUT2D eigenvalue weighted by Gasteiger charge is -2.34. The Bertz CT molecular complexity index is 1560. The minimum atomic E-state index is -0.411. The third-order valence-electron chi connectivity index (χ3n) is 18.9. The second kappa shape index (κ2) is 72.1. The van der Waals surface area contributed by atoms with Crippen LogP contribution in [0.25, 0.3) is 0 Å². The molecule has 93 heavy (non-hydrogen) atoms. The number of carbonyl (C=O) groups is 1. The van der Waals surface area contributed by atoms with Crippen LogP contribution in [0.5, 0.6) is 0 Å². The number of unbranched alkanes of at least 4 members (excludes halogenated alkanes) is 34. The molecule has 1 saturated heterocycles. The van der Waals surface area contributed by atoms with Crippen LogP contribution in [-0.2, 0) is 9.53 Å². The first-order valence-electron chi connectivity index (χ1n) is 40.3. The number of piperazine rings is 1. The molecule has 1 rings (SSSR count). The normalized spacial score (nSPS) is 15.0. The van der Waals surface area contributed by atoms with E-state index in [0.29, 0.717) is 39.2 Å². The van der Waals surface area contributed by atoms with E-state index in [1.807, 2.05) is 21.6 Å². The summed E-state index contributed by atoms with van der Waals surface area (Å²) < 4.78 is 5.75. The fourth-order valence-electron chi connectivity index (χ4n) is 12.8. The summed E-state index contributed by atoms with van der Waals surface area (Å²) in [5, 5.41) is 44.6. The van der Waals surface area contributed by atoms with Crippen molar-refractivity contribution in [2.45, 2.75) is 367 Å². The smallest absolute Gasteiger partial charge is 0.305 e. The van der Waals surface area contributed by atoms with Crippen LogP contribution in [0.3, 0.4) is 0 Å². The lowest BCUT2D eigenvalue weighted by Crippen LogP contribution is -2.47. The van der Waals surface area contributed by atoms with Gasteiger partial charge in [-0.15, -0.1) is 0 Å². The molecule has 10 nitrogen and oxygen atoms in total. The first-order valence-corrected chi connectivity index (χ1v) is 42.8. The maximum Gasteiger partial charge on any atom is 0.305 e. The monoisotopic (exact) mass is 1350 g/mol. The lowest BCUT2D eigenvalue weighted by atomic mass is 10.0. The number of nitrogens with zero attached hydrogens (tertiary/aromatic N) is 4. The summed E-state index contributed by atoms with van der Waals surface area (Å²) in [6.45, 7) is 19.7. The molecule has 0 saturated carbocycles. The molecular formula is C81H156N4O6S2. The quantitative estimate of drug-likeness (QED) is 0.0201. The van der Waals surface area contributed by atoms with Gasteiger partial charge in [-0.25, -0.2) is 0 Å². The van der Waals surface area contributed by atoms with Crippen LogP contribution >= 0.6 is 21.6 Å². The third-order valence-corrected chi connectivity index (χ3v) is 21.4. The zero-order valence-corrected chi connectivity index (χ0v) is 63.5. The molecule has 0 spiro atoms. The second-order valence-corrected chi connectivity index (χ2v) is 30.8. The van der Waals surface area contributed by atoms with Crippen molar-refractivity contribution in [3.63, 3.8) is 0 Å². The van der Waals surface area contributed by atoms with Gasteiger partial charge in [0.05, 0.1) is 24.4 Å². The average Bonchev–Trinajstić information content (AvgIpc) is 3.77. The summed E-state index contributed by atoms with van der Waals surface area (Å²) in [5.41, 5.74) is 0. The van der Waals surface area contributed by atoms with Crippen molar-refractivity contribution < 1.29 is 30.0 Å². The number of hydrogen-bond acceptors (Lipinski definition) is 12. The molecule has 4 N–H and O–H groups in total. The van der Waals surface area contributed by atoms with E-state index in [0.717, 1.165) is 179 Å². The molecule has 0 amide bonds. The molecule has 1 aliphatic rings. The van der Waals surface area contributed by atoms with E-state index in [4.69, 9.17) is 4.74 Å². The molecule has 1 fully saturated rings. The number of ether oxygens (including phenoxy) is 1. The largest absolute Gasteiger partial charge is 0.464 e. The van der Waals surface area contributed by atoms with Crippen LogP contribution in [0.1, 0.15) is 342 Å². The fraction of sp³-hybridized carbons (Fsp3) is 0.889. The Morgan fingerprint density at radius 2 is 0.667 bits per heavy atom. The molecule has 0 aliphatic carbocycles. The molecule has 4 atom stereocenters. The Kier molecular flexibility index (Phi) is 69.6. The number of aliphatic hydroxyl groups excluding tert-OH is 4. The molecule has 1 aliphatic heterocycles. The van der Waals surface area contributed by atoms with Gasteiger partial charge < -0.3 is 25.2 Å². The van der Waals surface area contributed by atoms with Crippen molar-refractivity contribution in [1.29, 1.82) is 0 Å². The molecular weight excluding hydrogens is 1190 g/mol. The number of aliphatic hydroxyl groups is 4. The van der Waals surface area contributed by atoms with Crippen LogP contribution < -0.4 is 0 Å². The molecule has 0 aromatic heterocycles. The highest BCUT2D eigenvalue weighted by Gasteiger charge is 2.20. The van der Waals surface area contributed by atoms with Crippen molar-refractivity contribution in [3.05, 3.63) is 48.6 Å². The number of esters is 1. The molecule has 0 radical (unpaired) electrons. The number of rotatable bonds is 73. The van der Waals surface area contributed by atoms with E-state index in [9.17, 15) is 25.2 Å². The van der Waals surface area contributed by atoms with Crippen LogP contribution in [0.15, 0.2) is 48.6 Å². The first kappa shape index (κ1) is 89.8. The summed E-state index contributed by atoms with van der Waals surface area (Å²) in [5.74, 6) is 2.13. The molecule has 0 bridgehead atoms. The molecule has 1 heterocycles. The van der Waals surface area contributed by atoms with Gasteiger partial charge >= 0.3 is 5.97 Å². The van der Waals surface area contributed by atoms with Crippen LogP contribution in [-0.4, -0.2) is 167 Å². The van der Waals surface area contributed by atoms with Gasteiger partial charge in [0, 0.05) is 83.4 Å². The zero-order chi connectivity index (χ0) is 67.2. The predicted octanol–water partition coefficient (Wildman–Crippen LogP) is 21.0.